The highest BCUT2D eigenvalue weighted by molar-refractivity contribution is 6.31. The highest BCUT2D eigenvalue weighted by atomic mass is 35.5. The molecule has 1 aromatic carbocycles. The number of benzene rings is 1. The summed E-state index contributed by atoms with van der Waals surface area (Å²) in [6.07, 6.45) is -0.224. The Morgan fingerprint density at radius 2 is 1.77 bits per heavy atom. The van der Waals surface area contributed by atoms with Crippen LogP contribution in [0.3, 0.4) is 0 Å². The van der Waals surface area contributed by atoms with E-state index in [2.05, 4.69) is 4.74 Å². The lowest BCUT2D eigenvalue weighted by Crippen LogP contribution is -2.38. The van der Waals surface area contributed by atoms with Crippen molar-refractivity contribution in [1.82, 2.24) is 0 Å². The van der Waals surface area contributed by atoms with E-state index in [1.165, 1.54) is 37.3 Å². The molecule has 0 aliphatic rings. The van der Waals surface area contributed by atoms with Crippen molar-refractivity contribution in [1.29, 1.82) is 0 Å². The predicted molar refractivity (Wildman–Crippen MR) is 97.6 cm³/mol. The number of amides is 1. The Balaban J connectivity index is 3.22. The molecular formula is C18H24ClNO6. The summed E-state index contributed by atoms with van der Waals surface area (Å²) < 4.78 is 14.8. The third kappa shape index (κ3) is 6.55. The Bertz CT molecular complexity index is 668. The van der Waals surface area contributed by atoms with Crippen LogP contribution in [0.2, 0.25) is 5.02 Å². The molecule has 144 valence electrons. The second-order valence-corrected chi connectivity index (χ2v) is 6.90. The topological polar surface area (TPSA) is 82.1 Å². The van der Waals surface area contributed by atoms with Crippen LogP contribution in [0.5, 0.6) is 0 Å². The summed E-state index contributed by atoms with van der Waals surface area (Å²) in [7, 11) is 2.54. The number of rotatable bonds is 6. The molecule has 0 saturated heterocycles. The molecule has 0 spiro atoms. The zero-order chi connectivity index (χ0) is 19.9. The van der Waals surface area contributed by atoms with Crippen LogP contribution in [0.15, 0.2) is 18.2 Å². The van der Waals surface area contributed by atoms with Crippen molar-refractivity contribution in [3.63, 3.8) is 0 Å². The van der Waals surface area contributed by atoms with Crippen molar-refractivity contribution in [3.8, 4) is 0 Å². The molecule has 0 N–H and O–H groups in total. The van der Waals surface area contributed by atoms with E-state index in [-0.39, 0.29) is 24.2 Å². The summed E-state index contributed by atoms with van der Waals surface area (Å²) in [5.41, 5.74) is -0.314. The van der Waals surface area contributed by atoms with Crippen molar-refractivity contribution >= 4 is 35.3 Å². The Kier molecular flexibility index (Phi) is 7.89. The molecular weight excluding hydrogens is 362 g/mol. The quantitative estimate of drug-likeness (QED) is 0.546. The van der Waals surface area contributed by atoms with Crippen LogP contribution in [-0.4, -0.2) is 44.4 Å². The first-order valence-corrected chi connectivity index (χ1v) is 8.42. The van der Waals surface area contributed by atoms with E-state index in [0.29, 0.717) is 11.4 Å². The SMILES string of the molecule is COC(=O)CCCN(C(=O)OC(C)(C)C)c1cc(Cl)ccc1C(=O)OC. The Hall–Kier alpha value is -2.28. The smallest absolute Gasteiger partial charge is 0.414 e. The normalized spacial score (nSPS) is 10.8. The lowest BCUT2D eigenvalue weighted by molar-refractivity contribution is -0.140. The summed E-state index contributed by atoms with van der Waals surface area (Å²) in [6, 6.07) is 4.48. The highest BCUT2D eigenvalue weighted by Gasteiger charge is 2.27. The van der Waals surface area contributed by atoms with E-state index in [0.717, 1.165) is 0 Å². The zero-order valence-corrected chi connectivity index (χ0v) is 16.4. The number of hydrogen-bond acceptors (Lipinski definition) is 6. The van der Waals surface area contributed by atoms with Crippen molar-refractivity contribution in [2.45, 2.75) is 39.2 Å². The van der Waals surface area contributed by atoms with Gasteiger partial charge in [0.15, 0.2) is 0 Å². The monoisotopic (exact) mass is 385 g/mol. The first-order valence-electron chi connectivity index (χ1n) is 8.04. The summed E-state index contributed by atoms with van der Waals surface area (Å²) in [5, 5.41) is 0.342. The van der Waals surface area contributed by atoms with Gasteiger partial charge in [0.05, 0.1) is 25.5 Å². The number of hydrogen-bond donors (Lipinski definition) is 0. The minimum atomic E-state index is -0.734. The minimum absolute atomic E-state index is 0.115. The molecule has 0 saturated carbocycles. The Morgan fingerprint density at radius 1 is 1.12 bits per heavy atom. The maximum absolute atomic E-state index is 12.7. The van der Waals surface area contributed by atoms with E-state index in [4.69, 9.17) is 21.1 Å². The number of carbonyl (C=O) groups excluding carboxylic acids is 3. The van der Waals surface area contributed by atoms with Gasteiger partial charge in [-0.25, -0.2) is 9.59 Å². The number of esters is 2. The number of methoxy groups -OCH3 is 2. The van der Waals surface area contributed by atoms with Gasteiger partial charge in [-0.05, 0) is 45.4 Å². The van der Waals surface area contributed by atoms with Crippen LogP contribution in [0, 0.1) is 0 Å². The number of nitrogens with zero attached hydrogens (tertiary/aromatic N) is 1. The van der Waals surface area contributed by atoms with Crippen LogP contribution in [-0.2, 0) is 19.0 Å². The summed E-state index contributed by atoms with van der Waals surface area (Å²) in [4.78, 5) is 37.4. The zero-order valence-electron chi connectivity index (χ0n) is 15.6. The fourth-order valence-electron chi connectivity index (χ4n) is 2.12. The van der Waals surface area contributed by atoms with E-state index < -0.39 is 23.6 Å². The minimum Gasteiger partial charge on any atom is -0.469 e. The Labute approximate surface area is 158 Å². The molecule has 0 bridgehead atoms. The molecule has 0 aliphatic heterocycles. The van der Waals surface area contributed by atoms with Gasteiger partial charge < -0.3 is 14.2 Å². The van der Waals surface area contributed by atoms with Crippen LogP contribution in [0.25, 0.3) is 0 Å². The first-order chi connectivity index (χ1) is 12.1. The van der Waals surface area contributed by atoms with Gasteiger partial charge in [0.1, 0.15) is 5.60 Å². The van der Waals surface area contributed by atoms with E-state index in [9.17, 15) is 14.4 Å². The van der Waals surface area contributed by atoms with Crippen molar-refractivity contribution < 1.29 is 28.6 Å². The number of halogens is 1. The second kappa shape index (κ2) is 9.43. The third-order valence-electron chi connectivity index (χ3n) is 3.26. The van der Waals surface area contributed by atoms with Gasteiger partial charge in [-0.2, -0.15) is 0 Å². The average molecular weight is 386 g/mol. The molecule has 8 heteroatoms. The van der Waals surface area contributed by atoms with Gasteiger partial charge in [0.25, 0.3) is 0 Å². The molecule has 0 fully saturated rings. The molecule has 1 aromatic rings. The second-order valence-electron chi connectivity index (χ2n) is 6.46. The third-order valence-corrected chi connectivity index (χ3v) is 3.50. The van der Waals surface area contributed by atoms with Crippen molar-refractivity contribution in [3.05, 3.63) is 28.8 Å². The number of carbonyl (C=O) groups is 3. The lowest BCUT2D eigenvalue weighted by Gasteiger charge is -2.28. The fourth-order valence-corrected chi connectivity index (χ4v) is 2.29. The number of anilines is 1. The molecule has 7 nitrogen and oxygen atoms in total. The first kappa shape index (κ1) is 21.8. The molecule has 1 rings (SSSR count). The summed E-state index contributed by atoms with van der Waals surface area (Å²) in [6.45, 7) is 5.33. The highest BCUT2D eigenvalue weighted by Crippen LogP contribution is 2.28. The van der Waals surface area contributed by atoms with Crippen LogP contribution in [0.1, 0.15) is 44.0 Å². The van der Waals surface area contributed by atoms with E-state index >= 15 is 0 Å². The molecule has 0 radical (unpaired) electrons. The maximum atomic E-state index is 12.7. The summed E-state index contributed by atoms with van der Waals surface area (Å²) in [5.74, 6) is -1.01. The van der Waals surface area contributed by atoms with Gasteiger partial charge >= 0.3 is 18.0 Å². The van der Waals surface area contributed by atoms with Gasteiger partial charge in [-0.15, -0.1) is 0 Å². The lowest BCUT2D eigenvalue weighted by atomic mass is 10.1. The van der Waals surface area contributed by atoms with Gasteiger partial charge in [-0.1, -0.05) is 11.6 Å². The average Bonchev–Trinajstić information content (AvgIpc) is 2.56. The van der Waals surface area contributed by atoms with Crippen LogP contribution in [0.4, 0.5) is 10.5 Å². The fraction of sp³-hybridized carbons (Fsp3) is 0.500. The van der Waals surface area contributed by atoms with Gasteiger partial charge in [0.2, 0.25) is 0 Å². The molecule has 0 atom stereocenters. The maximum Gasteiger partial charge on any atom is 0.414 e. The van der Waals surface area contributed by atoms with Crippen LogP contribution < -0.4 is 4.90 Å². The van der Waals surface area contributed by atoms with Crippen molar-refractivity contribution in [2.24, 2.45) is 0 Å². The predicted octanol–water partition coefficient (Wildman–Crippen LogP) is 3.82. The Morgan fingerprint density at radius 3 is 2.31 bits per heavy atom. The largest absolute Gasteiger partial charge is 0.469 e. The molecule has 0 unspecified atom stereocenters. The van der Waals surface area contributed by atoms with Crippen LogP contribution >= 0.6 is 11.6 Å². The molecule has 0 aromatic heterocycles. The molecule has 0 heterocycles. The van der Waals surface area contributed by atoms with Gasteiger partial charge in [-0.3, -0.25) is 9.69 Å². The van der Waals surface area contributed by atoms with E-state index in [1.807, 2.05) is 0 Å². The molecule has 0 aliphatic carbocycles. The molecule has 1 amide bonds. The standard InChI is InChI=1S/C18H24ClNO6/c1-18(2,3)26-17(23)20(10-6-7-15(21)24-4)14-11-12(19)8-9-13(14)16(22)25-5/h8-9,11H,6-7,10H2,1-5H3. The molecule has 26 heavy (non-hydrogen) atoms. The number of ether oxygens (including phenoxy) is 3. The summed E-state index contributed by atoms with van der Waals surface area (Å²) >= 11 is 6.05. The van der Waals surface area contributed by atoms with Gasteiger partial charge in [0, 0.05) is 18.0 Å². The van der Waals surface area contributed by atoms with E-state index in [1.54, 1.807) is 20.8 Å². The van der Waals surface area contributed by atoms with Crippen molar-refractivity contribution in [2.75, 3.05) is 25.7 Å².